The number of carbonyl (C=O) groups excluding carboxylic acids is 1. The molecule has 1 aromatic heterocycles. The third kappa shape index (κ3) is 3.70. The first-order valence-corrected chi connectivity index (χ1v) is 7.35. The predicted octanol–water partition coefficient (Wildman–Crippen LogP) is 1.58. The van der Waals surface area contributed by atoms with Gasteiger partial charge >= 0.3 is 0 Å². The van der Waals surface area contributed by atoms with E-state index in [4.69, 9.17) is 5.73 Å². The Morgan fingerprint density at radius 3 is 2.80 bits per heavy atom. The van der Waals surface area contributed by atoms with Gasteiger partial charge in [-0.1, -0.05) is 6.92 Å². The highest BCUT2D eigenvalue weighted by Gasteiger charge is 2.21. The lowest BCUT2D eigenvalue weighted by molar-refractivity contribution is 0.0911. The third-order valence-electron chi connectivity index (χ3n) is 3.78. The quantitative estimate of drug-likeness (QED) is 0.876. The van der Waals surface area contributed by atoms with E-state index in [9.17, 15) is 4.79 Å². The van der Waals surface area contributed by atoms with Crippen molar-refractivity contribution in [3.05, 3.63) is 23.5 Å². The highest BCUT2D eigenvalue weighted by molar-refractivity contribution is 5.98. The summed E-state index contributed by atoms with van der Waals surface area (Å²) in [6, 6.07) is 1.98. The molecule has 1 fully saturated rings. The summed E-state index contributed by atoms with van der Waals surface area (Å²) >= 11 is 0. The maximum atomic E-state index is 12.2. The van der Waals surface area contributed by atoms with Gasteiger partial charge in [-0.15, -0.1) is 0 Å². The highest BCUT2D eigenvalue weighted by Crippen LogP contribution is 2.14. The van der Waals surface area contributed by atoms with E-state index in [1.165, 1.54) is 6.42 Å². The van der Waals surface area contributed by atoms with Gasteiger partial charge in [0.25, 0.3) is 5.91 Å². The molecule has 2 heterocycles. The summed E-state index contributed by atoms with van der Waals surface area (Å²) in [6.45, 7) is 7.32. The van der Waals surface area contributed by atoms with Crippen molar-refractivity contribution in [3.8, 4) is 0 Å². The SMILES string of the molecule is CCCN1CCC(NC(=O)c2cnc(C)cc2N)CC1. The third-order valence-corrected chi connectivity index (χ3v) is 3.78. The summed E-state index contributed by atoms with van der Waals surface area (Å²) in [6.07, 6.45) is 4.75. The molecule has 0 spiro atoms. The smallest absolute Gasteiger partial charge is 0.255 e. The van der Waals surface area contributed by atoms with Gasteiger partial charge in [0.15, 0.2) is 0 Å². The molecular formula is C15H24N4O. The zero-order chi connectivity index (χ0) is 14.5. The van der Waals surface area contributed by atoms with Gasteiger partial charge in [0.05, 0.1) is 5.56 Å². The lowest BCUT2D eigenvalue weighted by Gasteiger charge is -2.32. The zero-order valence-electron chi connectivity index (χ0n) is 12.4. The first-order chi connectivity index (χ1) is 9.60. The molecular weight excluding hydrogens is 252 g/mol. The highest BCUT2D eigenvalue weighted by atomic mass is 16.1. The Morgan fingerprint density at radius 2 is 2.20 bits per heavy atom. The summed E-state index contributed by atoms with van der Waals surface area (Å²) in [7, 11) is 0. The molecule has 0 saturated carbocycles. The molecule has 0 bridgehead atoms. The van der Waals surface area contributed by atoms with Crippen molar-refractivity contribution >= 4 is 11.6 Å². The van der Waals surface area contributed by atoms with Crippen molar-refractivity contribution in [2.75, 3.05) is 25.4 Å². The second-order valence-corrected chi connectivity index (χ2v) is 5.50. The standard InChI is InChI=1S/C15H24N4O/c1-3-6-19-7-4-12(5-8-19)18-15(20)13-10-17-11(2)9-14(13)16/h9-10,12H,3-8H2,1-2H3,(H2,16,17)(H,18,20). The maximum Gasteiger partial charge on any atom is 0.255 e. The maximum absolute atomic E-state index is 12.2. The molecule has 1 aliphatic heterocycles. The molecule has 5 nitrogen and oxygen atoms in total. The van der Waals surface area contributed by atoms with Crippen LogP contribution in [0.2, 0.25) is 0 Å². The minimum absolute atomic E-state index is 0.107. The number of pyridine rings is 1. The topological polar surface area (TPSA) is 71.2 Å². The molecule has 2 rings (SSSR count). The number of hydrogen-bond acceptors (Lipinski definition) is 4. The van der Waals surface area contributed by atoms with Crippen LogP contribution in [0, 0.1) is 6.92 Å². The number of aryl methyl sites for hydroxylation is 1. The van der Waals surface area contributed by atoms with Crippen molar-refractivity contribution in [1.82, 2.24) is 15.2 Å². The number of rotatable bonds is 4. The van der Waals surface area contributed by atoms with Crippen molar-refractivity contribution in [2.24, 2.45) is 0 Å². The van der Waals surface area contributed by atoms with Gasteiger partial charge in [-0.05, 0) is 38.8 Å². The van der Waals surface area contributed by atoms with Crippen molar-refractivity contribution in [2.45, 2.75) is 39.2 Å². The zero-order valence-corrected chi connectivity index (χ0v) is 12.4. The summed E-state index contributed by atoms with van der Waals surface area (Å²) in [5.74, 6) is -0.107. The number of nitrogens with one attached hydrogen (secondary N) is 1. The fraction of sp³-hybridized carbons (Fsp3) is 0.600. The van der Waals surface area contributed by atoms with Crippen molar-refractivity contribution < 1.29 is 4.79 Å². The molecule has 0 atom stereocenters. The molecule has 1 saturated heterocycles. The molecule has 110 valence electrons. The summed E-state index contributed by atoms with van der Waals surface area (Å²) < 4.78 is 0. The van der Waals surface area contributed by atoms with Crippen LogP contribution in [0.1, 0.15) is 42.2 Å². The van der Waals surface area contributed by atoms with Crippen LogP contribution in [-0.2, 0) is 0 Å². The average molecular weight is 276 g/mol. The van der Waals surface area contributed by atoms with E-state index in [1.54, 1.807) is 12.3 Å². The van der Waals surface area contributed by atoms with Crippen molar-refractivity contribution in [3.63, 3.8) is 0 Å². The Morgan fingerprint density at radius 1 is 1.50 bits per heavy atom. The van der Waals surface area contributed by atoms with E-state index >= 15 is 0 Å². The molecule has 1 aromatic rings. The molecule has 20 heavy (non-hydrogen) atoms. The van der Waals surface area contributed by atoms with Crippen molar-refractivity contribution in [1.29, 1.82) is 0 Å². The monoisotopic (exact) mass is 276 g/mol. The van der Waals surface area contributed by atoms with Gasteiger partial charge in [0, 0.05) is 36.7 Å². The molecule has 1 amide bonds. The minimum Gasteiger partial charge on any atom is -0.398 e. The van der Waals surface area contributed by atoms with Crippen LogP contribution in [0.4, 0.5) is 5.69 Å². The second kappa shape index (κ2) is 6.70. The van der Waals surface area contributed by atoms with E-state index in [-0.39, 0.29) is 11.9 Å². The second-order valence-electron chi connectivity index (χ2n) is 5.50. The fourth-order valence-corrected chi connectivity index (χ4v) is 2.65. The van der Waals surface area contributed by atoms with E-state index in [0.29, 0.717) is 11.3 Å². The lowest BCUT2D eigenvalue weighted by atomic mass is 10.0. The number of likely N-dealkylation sites (tertiary alicyclic amines) is 1. The van der Waals surface area contributed by atoms with Crippen LogP contribution < -0.4 is 11.1 Å². The van der Waals surface area contributed by atoms with E-state index in [0.717, 1.165) is 38.2 Å². The molecule has 0 radical (unpaired) electrons. The van der Waals surface area contributed by atoms with Crippen LogP contribution in [-0.4, -0.2) is 41.5 Å². The number of anilines is 1. The average Bonchev–Trinajstić information content (AvgIpc) is 2.41. The summed E-state index contributed by atoms with van der Waals surface area (Å²) in [5, 5.41) is 3.07. The Hall–Kier alpha value is -1.62. The van der Waals surface area contributed by atoms with Gasteiger partial charge in [-0.2, -0.15) is 0 Å². The van der Waals surface area contributed by atoms with E-state index < -0.39 is 0 Å². The van der Waals surface area contributed by atoms with E-state index in [1.807, 2.05) is 6.92 Å². The van der Waals surface area contributed by atoms with Crippen LogP contribution in [0.5, 0.6) is 0 Å². The first-order valence-electron chi connectivity index (χ1n) is 7.35. The van der Waals surface area contributed by atoms with Gasteiger partial charge < -0.3 is 16.0 Å². The molecule has 3 N–H and O–H groups in total. The number of aromatic nitrogens is 1. The molecule has 0 aromatic carbocycles. The molecule has 0 unspecified atom stereocenters. The fourth-order valence-electron chi connectivity index (χ4n) is 2.65. The van der Waals surface area contributed by atoms with Crippen LogP contribution in [0.25, 0.3) is 0 Å². The van der Waals surface area contributed by atoms with E-state index in [2.05, 4.69) is 22.1 Å². The Kier molecular flexibility index (Phi) is 4.95. The normalized spacial score (nSPS) is 17.1. The Labute approximate surface area is 120 Å². The van der Waals surface area contributed by atoms with Crippen LogP contribution in [0.3, 0.4) is 0 Å². The number of amides is 1. The summed E-state index contributed by atoms with van der Waals surface area (Å²) in [5.41, 5.74) is 7.68. The number of hydrogen-bond donors (Lipinski definition) is 2. The molecule has 1 aliphatic rings. The van der Waals surface area contributed by atoms with Gasteiger partial charge in [-0.3, -0.25) is 9.78 Å². The predicted molar refractivity (Wildman–Crippen MR) is 80.6 cm³/mol. The van der Waals surface area contributed by atoms with Gasteiger partial charge in [0.2, 0.25) is 0 Å². The number of piperidine rings is 1. The minimum atomic E-state index is -0.107. The number of nitrogen functional groups attached to an aromatic ring is 1. The van der Waals surface area contributed by atoms with Crippen LogP contribution >= 0.6 is 0 Å². The Bertz CT molecular complexity index is 467. The lowest BCUT2D eigenvalue weighted by Crippen LogP contribution is -2.44. The number of nitrogens with zero attached hydrogens (tertiary/aromatic N) is 2. The van der Waals surface area contributed by atoms with Crippen LogP contribution in [0.15, 0.2) is 12.3 Å². The number of carbonyl (C=O) groups is 1. The Balaban J connectivity index is 1.89. The molecule has 5 heteroatoms. The van der Waals surface area contributed by atoms with Gasteiger partial charge in [0.1, 0.15) is 0 Å². The number of nitrogens with two attached hydrogens (primary N) is 1. The first kappa shape index (κ1) is 14.8. The largest absolute Gasteiger partial charge is 0.398 e. The van der Waals surface area contributed by atoms with Gasteiger partial charge in [-0.25, -0.2) is 0 Å². The summed E-state index contributed by atoms with van der Waals surface area (Å²) in [4.78, 5) is 18.8. The molecule has 0 aliphatic carbocycles.